The summed E-state index contributed by atoms with van der Waals surface area (Å²) in [6.07, 6.45) is -4.77. The Hall–Kier alpha value is -1.10. The molecule has 14 heavy (non-hydrogen) atoms. The molecule has 0 N–H and O–H groups in total. The quantitative estimate of drug-likeness (QED) is 0.770. The van der Waals surface area contributed by atoms with E-state index in [0.29, 0.717) is 0 Å². The van der Waals surface area contributed by atoms with Crippen LogP contribution in [0.5, 0.6) is 11.5 Å². The van der Waals surface area contributed by atoms with Gasteiger partial charge in [0.25, 0.3) is 0 Å². The fourth-order valence-electron chi connectivity index (χ4n) is 0.757. The van der Waals surface area contributed by atoms with Gasteiger partial charge in [0.05, 0.1) is 12.1 Å². The summed E-state index contributed by atoms with van der Waals surface area (Å²) in [5.41, 5.74) is 0. The van der Waals surface area contributed by atoms with Gasteiger partial charge in [-0.05, 0) is 6.07 Å². The molecule has 77 valence electrons. The van der Waals surface area contributed by atoms with Crippen molar-refractivity contribution in [2.24, 2.45) is 0 Å². The summed E-state index contributed by atoms with van der Waals surface area (Å²) < 4.78 is 43.8. The zero-order chi connectivity index (χ0) is 10.8. The number of hydrogen-bond acceptors (Lipinski definition) is 2. The lowest BCUT2D eigenvalue weighted by atomic mass is 10.3. The van der Waals surface area contributed by atoms with Crippen LogP contribution < -0.4 is 9.47 Å². The third-order valence-electron chi connectivity index (χ3n) is 1.29. The molecule has 6 heteroatoms. The van der Waals surface area contributed by atoms with E-state index < -0.39 is 12.1 Å². The minimum absolute atomic E-state index is 0.189. The molecular weight excluding hydrogens is 221 g/mol. The predicted molar refractivity (Wildman–Crippen MR) is 43.5 cm³/mol. The second kappa shape index (κ2) is 3.96. The second-order valence-corrected chi connectivity index (χ2v) is 2.64. The van der Waals surface area contributed by atoms with Gasteiger partial charge in [-0.1, -0.05) is 11.6 Å². The fraction of sp³-hybridized carbons (Fsp3) is 0.250. The SMILES string of the molecule is COc1c[c]c(Cl)c(OC(F)(F)F)c1. The molecule has 1 aromatic carbocycles. The molecule has 0 bridgehead atoms. The number of rotatable bonds is 2. The van der Waals surface area contributed by atoms with Crippen LogP contribution in [0.1, 0.15) is 0 Å². The van der Waals surface area contributed by atoms with Gasteiger partial charge in [0, 0.05) is 12.1 Å². The zero-order valence-corrected chi connectivity index (χ0v) is 7.74. The van der Waals surface area contributed by atoms with Gasteiger partial charge in [0.1, 0.15) is 5.75 Å². The van der Waals surface area contributed by atoms with Crippen molar-refractivity contribution < 1.29 is 22.6 Å². The van der Waals surface area contributed by atoms with Crippen molar-refractivity contribution >= 4 is 11.6 Å². The van der Waals surface area contributed by atoms with Crippen molar-refractivity contribution in [3.63, 3.8) is 0 Å². The van der Waals surface area contributed by atoms with Crippen LogP contribution >= 0.6 is 11.6 Å². The Morgan fingerprint density at radius 1 is 1.43 bits per heavy atom. The molecule has 0 amide bonds. The summed E-state index contributed by atoms with van der Waals surface area (Å²) >= 11 is 5.42. The number of halogens is 4. The largest absolute Gasteiger partial charge is 0.573 e. The monoisotopic (exact) mass is 225 g/mol. The van der Waals surface area contributed by atoms with E-state index in [0.717, 1.165) is 6.07 Å². The van der Waals surface area contributed by atoms with Crippen LogP contribution in [0.2, 0.25) is 5.02 Å². The minimum atomic E-state index is -4.77. The Labute approximate surface area is 83.2 Å². The van der Waals surface area contributed by atoms with E-state index in [2.05, 4.69) is 15.5 Å². The maximum Gasteiger partial charge on any atom is 0.573 e. The number of ether oxygens (including phenoxy) is 2. The van der Waals surface area contributed by atoms with Crippen molar-refractivity contribution in [3.8, 4) is 11.5 Å². The van der Waals surface area contributed by atoms with Gasteiger partial charge in [-0.2, -0.15) is 0 Å². The summed E-state index contributed by atoms with van der Waals surface area (Å²) in [4.78, 5) is 0. The zero-order valence-electron chi connectivity index (χ0n) is 6.98. The second-order valence-electron chi connectivity index (χ2n) is 2.27. The smallest absolute Gasteiger partial charge is 0.497 e. The molecular formula is C8H5ClF3O2. The van der Waals surface area contributed by atoms with Crippen molar-refractivity contribution in [2.45, 2.75) is 6.36 Å². The van der Waals surface area contributed by atoms with Gasteiger partial charge in [-0.15, -0.1) is 13.2 Å². The van der Waals surface area contributed by atoms with Crippen LogP contribution in [0.4, 0.5) is 13.2 Å². The first-order chi connectivity index (χ1) is 6.42. The van der Waals surface area contributed by atoms with Gasteiger partial charge >= 0.3 is 6.36 Å². The van der Waals surface area contributed by atoms with Gasteiger partial charge in [-0.25, -0.2) is 0 Å². The lowest BCUT2D eigenvalue weighted by Crippen LogP contribution is -2.17. The third kappa shape index (κ3) is 2.99. The lowest BCUT2D eigenvalue weighted by molar-refractivity contribution is -0.274. The molecule has 0 saturated heterocycles. The summed E-state index contributed by atoms with van der Waals surface area (Å²) in [6, 6.07) is 4.70. The van der Waals surface area contributed by atoms with Crippen molar-refractivity contribution in [1.29, 1.82) is 0 Å². The van der Waals surface area contributed by atoms with Crippen LogP contribution in [-0.4, -0.2) is 13.5 Å². The first kappa shape index (κ1) is 11.0. The number of hydrogen-bond donors (Lipinski definition) is 0. The van der Waals surface area contributed by atoms with Crippen molar-refractivity contribution in [1.82, 2.24) is 0 Å². The predicted octanol–water partition coefficient (Wildman–Crippen LogP) is 3.05. The highest BCUT2D eigenvalue weighted by Gasteiger charge is 2.32. The van der Waals surface area contributed by atoms with Gasteiger partial charge in [0.15, 0.2) is 5.75 Å². The molecule has 0 fully saturated rings. The van der Waals surface area contributed by atoms with Crippen LogP contribution in [0.3, 0.4) is 0 Å². The molecule has 0 aliphatic rings. The molecule has 1 rings (SSSR count). The average molecular weight is 226 g/mol. The minimum Gasteiger partial charge on any atom is -0.497 e. The number of benzene rings is 1. The Bertz CT molecular complexity index is 325. The highest BCUT2D eigenvalue weighted by molar-refractivity contribution is 6.31. The lowest BCUT2D eigenvalue weighted by Gasteiger charge is -2.10. The first-order valence-electron chi connectivity index (χ1n) is 3.43. The molecule has 0 aliphatic heterocycles. The summed E-state index contributed by atoms with van der Waals surface area (Å²) in [5.74, 6) is -0.341. The maximum atomic E-state index is 11.8. The van der Waals surface area contributed by atoms with E-state index in [1.165, 1.54) is 13.2 Å². The Kier molecular flexibility index (Phi) is 3.10. The molecule has 0 aromatic heterocycles. The average Bonchev–Trinajstić information content (AvgIpc) is 2.06. The van der Waals surface area contributed by atoms with Crippen LogP contribution in [-0.2, 0) is 0 Å². The molecule has 0 heterocycles. The van der Waals surface area contributed by atoms with E-state index in [9.17, 15) is 13.2 Å². The molecule has 0 aliphatic carbocycles. The van der Waals surface area contributed by atoms with E-state index in [1.54, 1.807) is 0 Å². The molecule has 0 unspecified atom stereocenters. The molecule has 0 atom stereocenters. The van der Waals surface area contributed by atoms with Crippen LogP contribution in [0.15, 0.2) is 12.1 Å². The Morgan fingerprint density at radius 2 is 2.07 bits per heavy atom. The van der Waals surface area contributed by atoms with Gasteiger partial charge < -0.3 is 9.47 Å². The van der Waals surface area contributed by atoms with Crippen LogP contribution in [0, 0.1) is 6.07 Å². The molecule has 1 radical (unpaired) electrons. The summed E-state index contributed by atoms with van der Waals surface area (Å²) in [6.45, 7) is 0. The Balaban J connectivity index is 2.95. The fourth-order valence-corrected chi connectivity index (χ4v) is 0.904. The van der Waals surface area contributed by atoms with Crippen molar-refractivity contribution in [3.05, 3.63) is 23.2 Å². The number of alkyl halides is 3. The molecule has 2 nitrogen and oxygen atoms in total. The summed E-state index contributed by atoms with van der Waals surface area (Å²) in [5, 5.41) is -0.247. The topological polar surface area (TPSA) is 18.5 Å². The van der Waals surface area contributed by atoms with Gasteiger partial charge in [0.2, 0.25) is 0 Å². The maximum absolute atomic E-state index is 11.8. The standard InChI is InChI=1S/C8H5ClF3O2/c1-13-5-2-3-6(9)7(4-5)14-8(10,11)12/h2,4H,1H3. The van der Waals surface area contributed by atoms with Gasteiger partial charge in [-0.3, -0.25) is 0 Å². The normalized spacial score (nSPS) is 11.2. The van der Waals surface area contributed by atoms with Crippen molar-refractivity contribution in [2.75, 3.05) is 7.11 Å². The van der Waals surface area contributed by atoms with E-state index in [4.69, 9.17) is 11.6 Å². The molecule has 1 aromatic rings. The third-order valence-corrected chi connectivity index (χ3v) is 1.59. The summed E-state index contributed by atoms with van der Waals surface area (Å²) in [7, 11) is 1.31. The Morgan fingerprint density at radius 3 is 2.57 bits per heavy atom. The molecule has 0 saturated carbocycles. The highest BCUT2D eigenvalue weighted by Crippen LogP contribution is 2.32. The molecule has 0 spiro atoms. The highest BCUT2D eigenvalue weighted by atomic mass is 35.5. The van der Waals surface area contributed by atoms with E-state index >= 15 is 0 Å². The van der Waals surface area contributed by atoms with E-state index in [-0.39, 0.29) is 10.8 Å². The van der Waals surface area contributed by atoms with E-state index in [1.807, 2.05) is 0 Å². The first-order valence-corrected chi connectivity index (χ1v) is 3.81. The van der Waals surface area contributed by atoms with Crippen LogP contribution in [0.25, 0.3) is 0 Å². The number of methoxy groups -OCH3 is 1.